The third-order valence-electron chi connectivity index (χ3n) is 3.43. The third-order valence-corrected chi connectivity index (χ3v) is 4.90. The zero-order chi connectivity index (χ0) is 10.0. The number of thioether (sulfide) groups is 1. The minimum absolute atomic E-state index is 0.208. The van der Waals surface area contributed by atoms with Crippen LogP contribution in [0.1, 0.15) is 52.4 Å². The summed E-state index contributed by atoms with van der Waals surface area (Å²) in [5.74, 6) is 1.40. The van der Waals surface area contributed by atoms with Gasteiger partial charge in [0.15, 0.2) is 0 Å². The first kappa shape index (κ1) is 10.8. The van der Waals surface area contributed by atoms with Gasteiger partial charge in [0, 0.05) is 5.25 Å². The molecule has 0 aromatic rings. The van der Waals surface area contributed by atoms with Crippen LogP contribution in [-0.4, -0.2) is 22.7 Å². The van der Waals surface area contributed by atoms with E-state index < -0.39 is 0 Å². The van der Waals surface area contributed by atoms with E-state index in [9.17, 15) is 0 Å². The molecule has 0 saturated carbocycles. The van der Waals surface area contributed by atoms with Crippen molar-refractivity contribution in [3.05, 3.63) is 0 Å². The molecule has 0 N–H and O–H groups in total. The van der Waals surface area contributed by atoms with Gasteiger partial charge in [0.05, 0.1) is 11.7 Å². The topological polar surface area (TPSA) is 12.5 Å². The monoisotopic (exact) mass is 214 g/mol. The molecule has 2 fully saturated rings. The van der Waals surface area contributed by atoms with Crippen LogP contribution < -0.4 is 0 Å². The van der Waals surface area contributed by atoms with E-state index >= 15 is 0 Å². The predicted molar refractivity (Wildman–Crippen MR) is 62.9 cm³/mol. The van der Waals surface area contributed by atoms with E-state index in [4.69, 9.17) is 4.74 Å². The Morgan fingerprint density at radius 3 is 2.64 bits per heavy atom. The fraction of sp³-hybridized carbons (Fsp3) is 1.00. The number of ether oxygens (including phenoxy) is 1. The fourth-order valence-electron chi connectivity index (χ4n) is 2.31. The zero-order valence-electron chi connectivity index (χ0n) is 9.42. The molecular weight excluding hydrogens is 192 g/mol. The normalized spacial score (nSPS) is 35.6. The van der Waals surface area contributed by atoms with Gasteiger partial charge in [-0.05, 0) is 51.7 Å². The Morgan fingerprint density at radius 2 is 2.07 bits per heavy atom. The van der Waals surface area contributed by atoms with Crippen molar-refractivity contribution in [2.75, 3.05) is 5.75 Å². The summed E-state index contributed by atoms with van der Waals surface area (Å²) >= 11 is 2.19. The van der Waals surface area contributed by atoms with Crippen molar-refractivity contribution in [1.29, 1.82) is 0 Å². The SMILES string of the molecule is CC1(C)OC1CCCC1CCCCS1. The van der Waals surface area contributed by atoms with E-state index in [0.29, 0.717) is 6.10 Å². The average molecular weight is 214 g/mol. The molecule has 0 aromatic heterocycles. The minimum atomic E-state index is 0.208. The number of hydrogen-bond acceptors (Lipinski definition) is 2. The molecule has 82 valence electrons. The average Bonchev–Trinajstić information content (AvgIpc) is 2.76. The second-order valence-electron chi connectivity index (χ2n) is 5.13. The first-order valence-corrected chi connectivity index (χ1v) is 7.03. The number of rotatable bonds is 4. The summed E-state index contributed by atoms with van der Waals surface area (Å²) in [5, 5.41) is 0.964. The molecule has 2 heterocycles. The van der Waals surface area contributed by atoms with Crippen LogP contribution in [0.5, 0.6) is 0 Å². The first-order chi connectivity index (χ1) is 6.68. The summed E-state index contributed by atoms with van der Waals surface area (Å²) in [6.07, 6.45) is 9.00. The van der Waals surface area contributed by atoms with Gasteiger partial charge in [0.25, 0.3) is 0 Å². The predicted octanol–water partition coefficient (Wildman–Crippen LogP) is 3.62. The molecule has 14 heavy (non-hydrogen) atoms. The molecule has 2 aliphatic rings. The van der Waals surface area contributed by atoms with E-state index in [0.717, 1.165) is 5.25 Å². The van der Waals surface area contributed by atoms with Gasteiger partial charge in [0.1, 0.15) is 0 Å². The smallest absolute Gasteiger partial charge is 0.0892 e. The summed E-state index contributed by atoms with van der Waals surface area (Å²) in [6.45, 7) is 4.40. The van der Waals surface area contributed by atoms with Crippen LogP contribution >= 0.6 is 11.8 Å². The number of hydrogen-bond donors (Lipinski definition) is 0. The van der Waals surface area contributed by atoms with Gasteiger partial charge in [-0.1, -0.05) is 6.42 Å². The molecule has 1 nitrogen and oxygen atoms in total. The first-order valence-electron chi connectivity index (χ1n) is 5.98. The van der Waals surface area contributed by atoms with E-state index in [1.165, 1.54) is 44.3 Å². The van der Waals surface area contributed by atoms with Gasteiger partial charge >= 0.3 is 0 Å². The molecular formula is C12H22OS. The van der Waals surface area contributed by atoms with Crippen LogP contribution in [0.2, 0.25) is 0 Å². The molecule has 0 spiro atoms. The zero-order valence-corrected chi connectivity index (χ0v) is 10.2. The summed E-state index contributed by atoms with van der Waals surface area (Å²) < 4.78 is 5.59. The van der Waals surface area contributed by atoms with Crippen molar-refractivity contribution in [3.63, 3.8) is 0 Å². The lowest BCUT2D eigenvalue weighted by molar-refractivity contribution is 0.318. The van der Waals surface area contributed by atoms with E-state index in [1.54, 1.807) is 0 Å². The number of epoxide rings is 1. The van der Waals surface area contributed by atoms with Gasteiger partial charge in [-0.3, -0.25) is 0 Å². The van der Waals surface area contributed by atoms with Crippen LogP contribution in [0, 0.1) is 0 Å². The van der Waals surface area contributed by atoms with E-state index in [2.05, 4.69) is 25.6 Å². The van der Waals surface area contributed by atoms with E-state index in [-0.39, 0.29) is 5.60 Å². The lowest BCUT2D eigenvalue weighted by Gasteiger charge is -2.20. The Bertz CT molecular complexity index is 185. The van der Waals surface area contributed by atoms with E-state index in [1.807, 2.05) is 0 Å². The maximum absolute atomic E-state index is 5.59. The lowest BCUT2D eigenvalue weighted by Crippen LogP contribution is -2.10. The molecule has 0 aromatic carbocycles. The maximum Gasteiger partial charge on any atom is 0.0892 e. The molecule has 0 aliphatic carbocycles. The molecule has 2 atom stereocenters. The summed E-state index contributed by atoms with van der Waals surface area (Å²) in [4.78, 5) is 0. The van der Waals surface area contributed by atoms with Crippen molar-refractivity contribution >= 4 is 11.8 Å². The summed E-state index contributed by atoms with van der Waals surface area (Å²) in [5.41, 5.74) is 0.208. The molecule has 0 amide bonds. The standard InChI is InChI=1S/C12H22OS/c1-12(2)11(13-12)8-5-7-10-6-3-4-9-14-10/h10-11H,3-9H2,1-2H3. The second-order valence-corrected chi connectivity index (χ2v) is 6.54. The Morgan fingerprint density at radius 1 is 1.29 bits per heavy atom. The van der Waals surface area contributed by atoms with Crippen molar-refractivity contribution in [3.8, 4) is 0 Å². The van der Waals surface area contributed by atoms with Gasteiger partial charge in [0.2, 0.25) is 0 Å². The van der Waals surface area contributed by atoms with Crippen LogP contribution in [0.4, 0.5) is 0 Å². The highest BCUT2D eigenvalue weighted by atomic mass is 32.2. The Kier molecular flexibility index (Phi) is 3.43. The Balaban J connectivity index is 1.54. The highest BCUT2D eigenvalue weighted by Crippen LogP contribution is 2.39. The summed E-state index contributed by atoms with van der Waals surface area (Å²) in [6, 6.07) is 0. The van der Waals surface area contributed by atoms with Gasteiger partial charge in [-0.2, -0.15) is 11.8 Å². The Labute approximate surface area is 92.0 Å². The highest BCUT2D eigenvalue weighted by molar-refractivity contribution is 7.99. The highest BCUT2D eigenvalue weighted by Gasteiger charge is 2.46. The van der Waals surface area contributed by atoms with Crippen molar-refractivity contribution < 1.29 is 4.74 Å². The van der Waals surface area contributed by atoms with Crippen molar-refractivity contribution in [2.24, 2.45) is 0 Å². The van der Waals surface area contributed by atoms with Crippen molar-refractivity contribution in [2.45, 2.75) is 69.3 Å². The van der Waals surface area contributed by atoms with Crippen LogP contribution in [0.3, 0.4) is 0 Å². The summed E-state index contributed by atoms with van der Waals surface area (Å²) in [7, 11) is 0. The largest absolute Gasteiger partial charge is 0.367 e. The van der Waals surface area contributed by atoms with Gasteiger partial charge in [-0.25, -0.2) is 0 Å². The van der Waals surface area contributed by atoms with Gasteiger partial charge < -0.3 is 4.74 Å². The molecule has 0 radical (unpaired) electrons. The minimum Gasteiger partial charge on any atom is -0.367 e. The maximum atomic E-state index is 5.59. The molecule has 0 bridgehead atoms. The fourth-order valence-corrected chi connectivity index (χ4v) is 3.68. The molecule has 2 aliphatic heterocycles. The quantitative estimate of drug-likeness (QED) is 0.663. The van der Waals surface area contributed by atoms with Crippen LogP contribution in [-0.2, 0) is 4.74 Å². The third kappa shape index (κ3) is 2.90. The van der Waals surface area contributed by atoms with Crippen LogP contribution in [0.25, 0.3) is 0 Å². The molecule has 2 saturated heterocycles. The Hall–Kier alpha value is 0.310. The van der Waals surface area contributed by atoms with Crippen molar-refractivity contribution in [1.82, 2.24) is 0 Å². The van der Waals surface area contributed by atoms with Crippen LogP contribution in [0.15, 0.2) is 0 Å². The second kappa shape index (κ2) is 4.44. The molecule has 2 rings (SSSR count). The lowest BCUT2D eigenvalue weighted by atomic mass is 10.0. The molecule has 2 unspecified atom stereocenters. The molecule has 2 heteroatoms. The van der Waals surface area contributed by atoms with Gasteiger partial charge in [-0.15, -0.1) is 0 Å².